The monoisotopic (exact) mass is 456 g/mol. The third-order valence-corrected chi connectivity index (χ3v) is 6.48. The van der Waals surface area contributed by atoms with Gasteiger partial charge in [0, 0.05) is 17.8 Å². The molecule has 1 unspecified atom stereocenters. The number of hydrogen-bond donors (Lipinski definition) is 1. The fraction of sp³-hybridized carbons (Fsp3) is 0.500. The summed E-state index contributed by atoms with van der Waals surface area (Å²) in [4.78, 5) is 40.7. The van der Waals surface area contributed by atoms with Gasteiger partial charge in [0.1, 0.15) is 17.1 Å². The van der Waals surface area contributed by atoms with Crippen molar-refractivity contribution >= 4 is 23.5 Å². The minimum absolute atomic E-state index is 0.00725. The molecule has 0 spiro atoms. The SMILES string of the molecule is CCOC(=O)c1cc2n(n1)CC(C)(C(=O)NC1CCCCC1)N(c1ccc(C)c(F)c1)C2=O. The number of carbonyl (C=O) groups is 3. The Labute approximate surface area is 192 Å². The van der Waals surface area contributed by atoms with Crippen molar-refractivity contribution in [3.05, 3.63) is 47.0 Å². The standard InChI is InChI=1S/C24H29FN4O4/c1-4-33-22(31)19-13-20-21(30)29(17-11-10-15(2)18(25)12-17)24(3,14-28(20)27-19)23(32)26-16-8-6-5-7-9-16/h10-13,16H,4-9,14H2,1-3H3,(H,26,32). The summed E-state index contributed by atoms with van der Waals surface area (Å²) in [6, 6.07) is 5.85. The molecule has 1 aliphatic heterocycles. The van der Waals surface area contributed by atoms with Crippen LogP contribution in [0.2, 0.25) is 0 Å². The fourth-order valence-corrected chi connectivity index (χ4v) is 4.60. The minimum Gasteiger partial charge on any atom is -0.461 e. The van der Waals surface area contributed by atoms with Crippen LogP contribution in [0.25, 0.3) is 0 Å². The summed E-state index contributed by atoms with van der Waals surface area (Å²) >= 11 is 0. The molecule has 1 aromatic heterocycles. The van der Waals surface area contributed by atoms with E-state index in [9.17, 15) is 18.8 Å². The predicted molar refractivity (Wildman–Crippen MR) is 120 cm³/mol. The van der Waals surface area contributed by atoms with E-state index in [1.165, 1.54) is 21.7 Å². The predicted octanol–water partition coefficient (Wildman–Crippen LogP) is 3.38. The van der Waals surface area contributed by atoms with Crippen LogP contribution in [0.5, 0.6) is 0 Å². The maximum absolute atomic E-state index is 14.5. The number of esters is 1. The molecule has 1 fully saturated rings. The Kier molecular flexibility index (Phi) is 6.23. The number of carbonyl (C=O) groups excluding carboxylic acids is 3. The zero-order chi connectivity index (χ0) is 23.8. The zero-order valence-corrected chi connectivity index (χ0v) is 19.2. The normalized spacial score (nSPS) is 21.0. The first-order valence-corrected chi connectivity index (χ1v) is 11.4. The number of benzene rings is 1. The molecule has 1 saturated carbocycles. The molecule has 1 aromatic carbocycles. The Hall–Kier alpha value is -3.23. The van der Waals surface area contributed by atoms with E-state index < -0.39 is 23.2 Å². The Bertz CT molecular complexity index is 1090. The Morgan fingerprint density at radius 2 is 1.97 bits per heavy atom. The molecule has 0 bridgehead atoms. The number of anilines is 1. The average Bonchev–Trinajstić information content (AvgIpc) is 3.21. The van der Waals surface area contributed by atoms with Crippen molar-refractivity contribution in [2.24, 2.45) is 0 Å². The molecule has 4 rings (SSSR count). The van der Waals surface area contributed by atoms with Crippen LogP contribution < -0.4 is 10.2 Å². The second-order valence-corrected chi connectivity index (χ2v) is 8.95. The van der Waals surface area contributed by atoms with Crippen LogP contribution in [0.4, 0.5) is 10.1 Å². The summed E-state index contributed by atoms with van der Waals surface area (Å²) in [6.45, 7) is 5.15. The zero-order valence-electron chi connectivity index (χ0n) is 19.2. The van der Waals surface area contributed by atoms with E-state index in [0.717, 1.165) is 32.1 Å². The molecule has 0 radical (unpaired) electrons. The maximum atomic E-state index is 14.5. The largest absolute Gasteiger partial charge is 0.461 e. The van der Waals surface area contributed by atoms with Gasteiger partial charge in [-0.05, 0) is 51.3 Å². The molecule has 9 heteroatoms. The van der Waals surface area contributed by atoms with Crippen LogP contribution in [-0.2, 0) is 16.1 Å². The highest BCUT2D eigenvalue weighted by molar-refractivity contribution is 6.12. The fourth-order valence-electron chi connectivity index (χ4n) is 4.60. The first-order valence-electron chi connectivity index (χ1n) is 11.4. The van der Waals surface area contributed by atoms with Crippen LogP contribution in [0.3, 0.4) is 0 Å². The number of halogens is 1. The summed E-state index contributed by atoms with van der Waals surface area (Å²) in [7, 11) is 0. The molecule has 2 amide bonds. The third kappa shape index (κ3) is 4.24. The van der Waals surface area contributed by atoms with Gasteiger partial charge in [-0.2, -0.15) is 5.10 Å². The van der Waals surface area contributed by atoms with Crippen LogP contribution in [-0.4, -0.2) is 45.8 Å². The van der Waals surface area contributed by atoms with Crippen LogP contribution in [0.15, 0.2) is 24.3 Å². The maximum Gasteiger partial charge on any atom is 0.358 e. The smallest absolute Gasteiger partial charge is 0.358 e. The quantitative estimate of drug-likeness (QED) is 0.697. The summed E-state index contributed by atoms with van der Waals surface area (Å²) in [5.41, 5.74) is -0.531. The van der Waals surface area contributed by atoms with Crippen LogP contribution in [0, 0.1) is 12.7 Å². The number of aromatic nitrogens is 2. The molecule has 1 N–H and O–H groups in total. The van der Waals surface area contributed by atoms with E-state index >= 15 is 0 Å². The van der Waals surface area contributed by atoms with E-state index in [2.05, 4.69) is 10.4 Å². The van der Waals surface area contributed by atoms with Crippen molar-refractivity contribution in [2.45, 2.75) is 71.0 Å². The second-order valence-electron chi connectivity index (χ2n) is 8.95. The van der Waals surface area contributed by atoms with Crippen molar-refractivity contribution < 1.29 is 23.5 Å². The van der Waals surface area contributed by atoms with Crippen molar-refractivity contribution in [2.75, 3.05) is 11.5 Å². The highest BCUT2D eigenvalue weighted by Crippen LogP contribution is 2.34. The number of hydrogen-bond acceptors (Lipinski definition) is 5. The first kappa shape index (κ1) is 22.9. The van der Waals surface area contributed by atoms with Gasteiger partial charge < -0.3 is 10.1 Å². The lowest BCUT2D eigenvalue weighted by Crippen LogP contribution is -2.65. The van der Waals surface area contributed by atoms with Gasteiger partial charge in [-0.3, -0.25) is 19.2 Å². The number of rotatable bonds is 5. The number of amides is 2. The van der Waals surface area contributed by atoms with Crippen LogP contribution >= 0.6 is 0 Å². The highest BCUT2D eigenvalue weighted by atomic mass is 19.1. The molecule has 0 saturated heterocycles. The van der Waals surface area contributed by atoms with E-state index in [1.807, 2.05) is 0 Å². The Morgan fingerprint density at radius 3 is 2.64 bits per heavy atom. The average molecular weight is 457 g/mol. The van der Waals surface area contributed by atoms with Gasteiger partial charge in [-0.25, -0.2) is 9.18 Å². The van der Waals surface area contributed by atoms with Gasteiger partial charge in [0.15, 0.2) is 5.69 Å². The molecule has 8 nitrogen and oxygen atoms in total. The summed E-state index contributed by atoms with van der Waals surface area (Å²) in [5.74, 6) is -1.98. The van der Waals surface area contributed by atoms with E-state index in [4.69, 9.17) is 4.74 Å². The first-order chi connectivity index (χ1) is 15.7. The number of ether oxygens (including phenoxy) is 1. The van der Waals surface area contributed by atoms with Gasteiger partial charge in [0.2, 0.25) is 5.91 Å². The number of aryl methyl sites for hydroxylation is 1. The number of fused-ring (bicyclic) bond motifs is 1. The van der Waals surface area contributed by atoms with Crippen molar-refractivity contribution in [1.82, 2.24) is 15.1 Å². The molecule has 2 aliphatic rings. The number of nitrogens with one attached hydrogen (secondary N) is 1. The van der Waals surface area contributed by atoms with Gasteiger partial charge >= 0.3 is 5.97 Å². The van der Waals surface area contributed by atoms with E-state index in [-0.39, 0.29) is 42.2 Å². The molecule has 2 heterocycles. The van der Waals surface area contributed by atoms with Gasteiger partial charge in [-0.1, -0.05) is 25.3 Å². The van der Waals surface area contributed by atoms with Gasteiger partial charge in [0.05, 0.1) is 13.2 Å². The second kappa shape index (κ2) is 8.96. The van der Waals surface area contributed by atoms with Gasteiger partial charge in [-0.15, -0.1) is 0 Å². The Morgan fingerprint density at radius 1 is 1.24 bits per heavy atom. The molecular weight excluding hydrogens is 427 g/mol. The minimum atomic E-state index is -1.37. The van der Waals surface area contributed by atoms with Crippen molar-refractivity contribution in [3.63, 3.8) is 0 Å². The molecule has 1 aliphatic carbocycles. The number of nitrogens with zero attached hydrogens (tertiary/aromatic N) is 3. The van der Waals surface area contributed by atoms with E-state index in [0.29, 0.717) is 5.56 Å². The van der Waals surface area contributed by atoms with Crippen LogP contribution in [0.1, 0.15) is 72.5 Å². The Balaban J connectivity index is 1.76. The lowest BCUT2D eigenvalue weighted by molar-refractivity contribution is -0.127. The van der Waals surface area contributed by atoms with Crippen molar-refractivity contribution in [1.29, 1.82) is 0 Å². The molecule has 33 heavy (non-hydrogen) atoms. The van der Waals surface area contributed by atoms with Crippen molar-refractivity contribution in [3.8, 4) is 0 Å². The molecular formula is C24H29FN4O4. The summed E-state index contributed by atoms with van der Waals surface area (Å²) in [6.07, 6.45) is 4.99. The highest BCUT2D eigenvalue weighted by Gasteiger charge is 2.49. The molecule has 1 atom stereocenters. The topological polar surface area (TPSA) is 93.5 Å². The summed E-state index contributed by atoms with van der Waals surface area (Å²) < 4.78 is 20.8. The summed E-state index contributed by atoms with van der Waals surface area (Å²) in [5, 5.41) is 7.34. The molecule has 176 valence electrons. The molecule has 2 aromatic rings. The van der Waals surface area contributed by atoms with E-state index in [1.54, 1.807) is 32.9 Å². The van der Waals surface area contributed by atoms with Gasteiger partial charge in [0.25, 0.3) is 5.91 Å². The third-order valence-electron chi connectivity index (χ3n) is 6.48. The lowest BCUT2D eigenvalue weighted by atomic mass is 9.91. The lowest BCUT2D eigenvalue weighted by Gasteiger charge is -2.44.